The smallest absolute Gasteiger partial charge is 0.490 e. The predicted octanol–water partition coefficient (Wildman–Crippen LogP) is 4.37. The summed E-state index contributed by atoms with van der Waals surface area (Å²) >= 11 is 0. The number of aryl methyl sites for hydroxylation is 1. The van der Waals surface area contributed by atoms with E-state index in [9.17, 15) is 39.6 Å². The number of rotatable bonds is 7. The third-order valence-corrected chi connectivity index (χ3v) is 9.29. The highest BCUT2D eigenvalue weighted by molar-refractivity contribution is 7.92. The van der Waals surface area contributed by atoms with E-state index in [2.05, 4.69) is 20.4 Å². The molecule has 3 aliphatic heterocycles. The molecule has 2 fully saturated rings. The summed E-state index contributed by atoms with van der Waals surface area (Å²) in [5.74, 6) is -2.72. The third kappa shape index (κ3) is 9.70. The molecular weight excluding hydrogens is 674 g/mol. The highest BCUT2D eigenvalue weighted by Gasteiger charge is 2.47. The number of halogens is 6. The van der Waals surface area contributed by atoms with E-state index in [0.29, 0.717) is 0 Å². The van der Waals surface area contributed by atoms with Crippen molar-refractivity contribution in [2.75, 3.05) is 26.2 Å². The Morgan fingerprint density at radius 1 is 1.04 bits per heavy atom. The zero-order valence-corrected chi connectivity index (χ0v) is 26.2. The predicted molar refractivity (Wildman–Crippen MR) is 161 cm³/mol. The molecule has 0 aliphatic carbocycles. The lowest BCUT2D eigenvalue weighted by Gasteiger charge is -2.34. The van der Waals surface area contributed by atoms with Crippen molar-refractivity contribution in [3.8, 4) is 11.5 Å². The van der Waals surface area contributed by atoms with Crippen LogP contribution in [0.25, 0.3) is 6.08 Å². The molecule has 3 aliphatic rings. The van der Waals surface area contributed by atoms with E-state index in [1.807, 2.05) is 25.1 Å². The van der Waals surface area contributed by atoms with Gasteiger partial charge in [0.15, 0.2) is 0 Å². The summed E-state index contributed by atoms with van der Waals surface area (Å²) < 4.78 is 107. The Kier molecular flexibility index (Phi) is 11.1. The maximum Gasteiger partial charge on any atom is 0.573 e. The van der Waals surface area contributed by atoms with Crippen LogP contribution in [0.2, 0.25) is 0 Å². The molecule has 1 amide bonds. The number of piperidine rings is 2. The molecule has 2 aromatic rings. The van der Waals surface area contributed by atoms with Gasteiger partial charge in [0, 0.05) is 24.1 Å². The van der Waals surface area contributed by atoms with E-state index in [1.165, 1.54) is 16.4 Å². The first kappa shape index (κ1) is 36.7. The highest BCUT2D eigenvalue weighted by Crippen LogP contribution is 2.33. The Morgan fingerprint density at radius 2 is 1.69 bits per heavy atom. The molecule has 0 aromatic heterocycles. The SMILES string of the molecule is Cc1cc(OC2CCNCC2)ccc1C=CS(=O)(=O)N1CCC2(CC1)N=C(c1cccc(OC(F)(F)F)c1)NC2=O.O=C(O)C(F)(F)F. The molecule has 2 aromatic carbocycles. The summed E-state index contributed by atoms with van der Waals surface area (Å²) in [5.41, 5.74) is 0.709. The van der Waals surface area contributed by atoms with Gasteiger partial charge in [-0.05, 0) is 87.2 Å². The van der Waals surface area contributed by atoms with Gasteiger partial charge in [0.25, 0.3) is 5.91 Å². The number of amidine groups is 1. The highest BCUT2D eigenvalue weighted by atomic mass is 32.2. The quantitative estimate of drug-likeness (QED) is 0.360. The van der Waals surface area contributed by atoms with Crippen LogP contribution in [0.1, 0.15) is 42.4 Å². The third-order valence-electron chi connectivity index (χ3n) is 7.72. The summed E-state index contributed by atoms with van der Waals surface area (Å²) in [6.07, 6.45) is -6.07. The summed E-state index contributed by atoms with van der Waals surface area (Å²) in [6, 6.07) is 10.7. The van der Waals surface area contributed by atoms with Gasteiger partial charge < -0.3 is 25.2 Å². The number of ether oxygens (including phenoxy) is 2. The largest absolute Gasteiger partial charge is 0.573 e. The molecule has 2 saturated heterocycles. The molecule has 1 spiro atoms. The van der Waals surface area contributed by atoms with Crippen molar-refractivity contribution in [2.45, 2.75) is 56.8 Å². The first-order chi connectivity index (χ1) is 22.4. The van der Waals surface area contributed by atoms with Crippen LogP contribution in [0.4, 0.5) is 26.3 Å². The number of hydrogen-bond acceptors (Lipinski definition) is 8. The van der Waals surface area contributed by atoms with Crippen LogP contribution >= 0.6 is 0 Å². The number of benzene rings is 2. The van der Waals surface area contributed by atoms with Crippen molar-refractivity contribution >= 4 is 33.8 Å². The zero-order chi connectivity index (χ0) is 35.3. The lowest BCUT2D eigenvalue weighted by molar-refractivity contribution is -0.274. The molecule has 18 heteroatoms. The molecular formula is C30H32F6N4O7S. The van der Waals surface area contributed by atoms with Gasteiger partial charge in [-0.1, -0.05) is 18.2 Å². The number of carboxylic acids is 1. The van der Waals surface area contributed by atoms with Gasteiger partial charge in [-0.3, -0.25) is 9.79 Å². The number of aliphatic imine (C=N–C) groups is 1. The number of alkyl halides is 6. The summed E-state index contributed by atoms with van der Waals surface area (Å²) in [7, 11) is -3.77. The van der Waals surface area contributed by atoms with Crippen molar-refractivity contribution < 1.29 is 58.9 Å². The van der Waals surface area contributed by atoms with Gasteiger partial charge in [-0.15, -0.1) is 13.2 Å². The summed E-state index contributed by atoms with van der Waals surface area (Å²) in [6.45, 7) is 3.87. The number of sulfonamides is 1. The molecule has 0 radical (unpaired) electrons. The fourth-order valence-electron chi connectivity index (χ4n) is 5.20. The topological polar surface area (TPSA) is 147 Å². The Bertz CT molecular complexity index is 1660. The zero-order valence-electron chi connectivity index (χ0n) is 25.4. The number of nitrogens with one attached hydrogen (secondary N) is 2. The lowest BCUT2D eigenvalue weighted by atomic mass is 9.89. The first-order valence-electron chi connectivity index (χ1n) is 14.6. The maximum absolute atomic E-state index is 13.1. The number of amides is 1. The molecule has 0 bridgehead atoms. The molecule has 48 heavy (non-hydrogen) atoms. The van der Waals surface area contributed by atoms with E-state index < -0.39 is 45.7 Å². The molecule has 0 atom stereocenters. The van der Waals surface area contributed by atoms with Gasteiger partial charge in [0.2, 0.25) is 10.0 Å². The second-order valence-electron chi connectivity index (χ2n) is 11.2. The molecule has 0 saturated carbocycles. The Labute approximate surface area is 271 Å². The van der Waals surface area contributed by atoms with E-state index in [-0.39, 0.29) is 43.4 Å². The Balaban J connectivity index is 0.000000671. The number of nitrogens with zero attached hydrogens (tertiary/aromatic N) is 2. The first-order valence-corrected chi connectivity index (χ1v) is 16.1. The van der Waals surface area contributed by atoms with Crippen LogP contribution in [0.15, 0.2) is 52.9 Å². The summed E-state index contributed by atoms with van der Waals surface area (Å²) in [4.78, 5) is 26.3. The standard InChI is InChI=1S/C28H31F3N4O5S.C2HF3O2/c1-19-17-23(39-22-7-12-32-13-8-22)6-5-20(19)9-16-41(37,38)35-14-10-27(11-15-35)26(36)33-25(34-27)21-3-2-4-24(18-21)40-28(29,30)31;3-2(4,5)1(6)7/h2-6,9,16-18,22,32H,7-8,10-15H2,1H3,(H,33,34,36);(H,6,7). The molecule has 3 N–H and O–H groups in total. The van der Waals surface area contributed by atoms with Crippen LogP contribution in [0, 0.1) is 6.92 Å². The van der Waals surface area contributed by atoms with Crippen LogP contribution < -0.4 is 20.1 Å². The van der Waals surface area contributed by atoms with Gasteiger partial charge in [-0.25, -0.2) is 13.2 Å². The minimum atomic E-state index is -5.08. The number of carbonyl (C=O) groups is 2. The maximum atomic E-state index is 13.1. The minimum Gasteiger partial charge on any atom is -0.490 e. The van der Waals surface area contributed by atoms with Crippen LogP contribution in [-0.2, 0) is 19.6 Å². The van der Waals surface area contributed by atoms with Gasteiger partial charge in [-0.2, -0.15) is 17.5 Å². The molecule has 3 heterocycles. The average Bonchev–Trinajstić information content (AvgIpc) is 3.31. The number of carboxylic acid groups (broad SMARTS) is 1. The molecule has 262 valence electrons. The fraction of sp³-hybridized carbons (Fsp3) is 0.433. The monoisotopic (exact) mass is 706 g/mol. The Hall–Kier alpha value is -4.16. The fourth-order valence-corrected chi connectivity index (χ4v) is 6.39. The number of carbonyl (C=O) groups excluding carboxylic acids is 1. The average molecular weight is 707 g/mol. The van der Waals surface area contributed by atoms with E-state index in [0.717, 1.165) is 60.3 Å². The molecule has 0 unspecified atom stereocenters. The van der Waals surface area contributed by atoms with E-state index >= 15 is 0 Å². The van der Waals surface area contributed by atoms with Gasteiger partial charge in [0.1, 0.15) is 29.0 Å². The number of aliphatic carboxylic acids is 1. The van der Waals surface area contributed by atoms with E-state index in [1.54, 1.807) is 6.08 Å². The van der Waals surface area contributed by atoms with Crippen LogP contribution in [0.3, 0.4) is 0 Å². The van der Waals surface area contributed by atoms with Crippen molar-refractivity contribution in [1.29, 1.82) is 0 Å². The van der Waals surface area contributed by atoms with E-state index in [4.69, 9.17) is 14.6 Å². The molecule has 11 nitrogen and oxygen atoms in total. The van der Waals surface area contributed by atoms with Crippen molar-refractivity contribution in [3.63, 3.8) is 0 Å². The second kappa shape index (κ2) is 14.5. The van der Waals surface area contributed by atoms with Crippen molar-refractivity contribution in [1.82, 2.24) is 14.9 Å². The molecule has 5 rings (SSSR count). The summed E-state index contributed by atoms with van der Waals surface area (Å²) in [5, 5.41) is 14.2. The lowest BCUT2D eigenvalue weighted by Crippen LogP contribution is -2.50. The van der Waals surface area contributed by atoms with Crippen LogP contribution in [0.5, 0.6) is 11.5 Å². The minimum absolute atomic E-state index is 0.0656. The van der Waals surface area contributed by atoms with Crippen molar-refractivity contribution in [2.24, 2.45) is 4.99 Å². The normalized spacial score (nSPS) is 19.0. The van der Waals surface area contributed by atoms with Crippen LogP contribution in [-0.4, -0.2) is 85.9 Å². The van der Waals surface area contributed by atoms with Gasteiger partial charge >= 0.3 is 18.5 Å². The second-order valence-corrected chi connectivity index (χ2v) is 13.0. The van der Waals surface area contributed by atoms with Gasteiger partial charge in [0.05, 0.1) is 0 Å². The Morgan fingerprint density at radius 3 is 2.27 bits per heavy atom. The van der Waals surface area contributed by atoms with Crippen molar-refractivity contribution in [3.05, 3.63) is 64.6 Å². The number of hydrogen-bond donors (Lipinski definition) is 3.